The molecule has 0 aliphatic carbocycles. The van der Waals surface area contributed by atoms with Gasteiger partial charge in [-0.05, 0) is 30.3 Å². The molecule has 2 nitrogen and oxygen atoms in total. The molecular weight excluding hydrogens is 273 g/mol. The largest absolute Gasteiger partial charge is 0.311 e. The van der Waals surface area contributed by atoms with E-state index in [1.807, 2.05) is 36.4 Å². The number of hydrogen-bond donors (Lipinski definition) is 0. The fourth-order valence-electron chi connectivity index (χ4n) is 2.06. The molecule has 0 spiro atoms. The standard InChI is InChI=1S/C16H12FNOS/c1-18(11-6-3-2-4-7-11)16(19)15-10-12-13(17)8-5-9-14(12)20-15/h2-10H,1H3. The molecule has 0 atom stereocenters. The van der Waals surface area contributed by atoms with E-state index in [4.69, 9.17) is 0 Å². The minimum absolute atomic E-state index is 0.128. The molecule has 4 heteroatoms. The maximum absolute atomic E-state index is 13.7. The van der Waals surface area contributed by atoms with Crippen LogP contribution in [0.4, 0.5) is 10.1 Å². The van der Waals surface area contributed by atoms with Gasteiger partial charge in [0.2, 0.25) is 0 Å². The molecule has 0 N–H and O–H groups in total. The van der Waals surface area contributed by atoms with Crippen LogP contribution in [0.2, 0.25) is 0 Å². The number of carbonyl (C=O) groups is 1. The van der Waals surface area contributed by atoms with Gasteiger partial charge in [-0.15, -0.1) is 11.3 Å². The van der Waals surface area contributed by atoms with Gasteiger partial charge >= 0.3 is 0 Å². The van der Waals surface area contributed by atoms with Crippen molar-refractivity contribution >= 4 is 33.0 Å². The molecule has 3 rings (SSSR count). The van der Waals surface area contributed by atoms with Crippen molar-refractivity contribution in [3.8, 4) is 0 Å². The van der Waals surface area contributed by atoms with Gasteiger partial charge in [0.25, 0.3) is 5.91 Å². The highest BCUT2D eigenvalue weighted by molar-refractivity contribution is 7.20. The molecule has 100 valence electrons. The number of hydrogen-bond acceptors (Lipinski definition) is 2. The molecule has 20 heavy (non-hydrogen) atoms. The Morgan fingerprint density at radius 2 is 1.85 bits per heavy atom. The van der Waals surface area contributed by atoms with E-state index in [1.54, 1.807) is 24.1 Å². The second kappa shape index (κ2) is 5.06. The maximum Gasteiger partial charge on any atom is 0.268 e. The zero-order valence-electron chi connectivity index (χ0n) is 10.8. The summed E-state index contributed by atoms with van der Waals surface area (Å²) in [4.78, 5) is 14.6. The molecule has 0 radical (unpaired) electrons. The van der Waals surface area contributed by atoms with E-state index in [-0.39, 0.29) is 11.7 Å². The molecule has 0 fully saturated rings. The van der Waals surface area contributed by atoms with Crippen LogP contribution < -0.4 is 4.90 Å². The molecule has 0 aliphatic rings. The Morgan fingerprint density at radius 3 is 2.55 bits per heavy atom. The van der Waals surface area contributed by atoms with Crippen LogP contribution in [0.5, 0.6) is 0 Å². The summed E-state index contributed by atoms with van der Waals surface area (Å²) in [6, 6.07) is 15.9. The molecule has 3 aromatic rings. The van der Waals surface area contributed by atoms with Crippen LogP contribution in [0, 0.1) is 5.82 Å². The van der Waals surface area contributed by atoms with Gasteiger partial charge in [-0.2, -0.15) is 0 Å². The van der Waals surface area contributed by atoms with E-state index in [2.05, 4.69) is 0 Å². The number of benzene rings is 2. The van der Waals surface area contributed by atoms with Crippen molar-refractivity contribution < 1.29 is 9.18 Å². The number of carbonyl (C=O) groups excluding carboxylic acids is 1. The van der Waals surface area contributed by atoms with E-state index in [1.165, 1.54) is 17.4 Å². The quantitative estimate of drug-likeness (QED) is 0.686. The first-order valence-corrected chi connectivity index (χ1v) is 6.99. The number of anilines is 1. The number of rotatable bonds is 2. The van der Waals surface area contributed by atoms with Crippen LogP contribution in [-0.4, -0.2) is 13.0 Å². The van der Waals surface area contributed by atoms with E-state index in [0.29, 0.717) is 10.3 Å². The van der Waals surface area contributed by atoms with Crippen molar-refractivity contribution in [2.24, 2.45) is 0 Å². The minimum Gasteiger partial charge on any atom is -0.311 e. The highest BCUT2D eigenvalue weighted by atomic mass is 32.1. The number of nitrogens with zero attached hydrogens (tertiary/aromatic N) is 1. The van der Waals surface area contributed by atoms with Crippen LogP contribution in [0.25, 0.3) is 10.1 Å². The predicted molar refractivity (Wildman–Crippen MR) is 81.0 cm³/mol. The topological polar surface area (TPSA) is 20.3 Å². The van der Waals surface area contributed by atoms with Gasteiger partial charge in [-0.3, -0.25) is 4.79 Å². The van der Waals surface area contributed by atoms with Gasteiger partial charge in [0.05, 0.1) is 4.88 Å². The minimum atomic E-state index is -0.292. The molecule has 1 heterocycles. The molecule has 0 saturated heterocycles. The summed E-state index contributed by atoms with van der Waals surface area (Å²) in [6.45, 7) is 0. The monoisotopic (exact) mass is 285 g/mol. The third-order valence-electron chi connectivity index (χ3n) is 3.17. The van der Waals surface area contributed by atoms with Crippen molar-refractivity contribution in [3.05, 3.63) is 65.3 Å². The summed E-state index contributed by atoms with van der Waals surface area (Å²) in [5.41, 5.74) is 0.815. The van der Waals surface area contributed by atoms with E-state index < -0.39 is 0 Å². The molecule has 0 unspecified atom stereocenters. The molecular formula is C16H12FNOS. The second-order valence-electron chi connectivity index (χ2n) is 4.46. The van der Waals surface area contributed by atoms with Gasteiger partial charge < -0.3 is 4.90 Å². The predicted octanol–water partition coefficient (Wildman–Crippen LogP) is 4.32. The van der Waals surface area contributed by atoms with Gasteiger partial charge in [0, 0.05) is 22.8 Å². The lowest BCUT2D eigenvalue weighted by atomic mass is 10.2. The Hall–Kier alpha value is -2.20. The van der Waals surface area contributed by atoms with E-state index in [0.717, 1.165) is 10.4 Å². The Bertz CT molecular complexity index is 767. The lowest BCUT2D eigenvalue weighted by molar-refractivity contribution is 0.0997. The summed E-state index contributed by atoms with van der Waals surface area (Å²) < 4.78 is 14.5. The van der Waals surface area contributed by atoms with Crippen LogP contribution >= 0.6 is 11.3 Å². The number of thiophene rings is 1. The summed E-state index contributed by atoms with van der Waals surface area (Å²) in [7, 11) is 1.72. The first-order valence-electron chi connectivity index (χ1n) is 6.18. The summed E-state index contributed by atoms with van der Waals surface area (Å²) >= 11 is 1.31. The number of amides is 1. The summed E-state index contributed by atoms with van der Waals surface area (Å²) in [6.07, 6.45) is 0. The number of para-hydroxylation sites is 1. The van der Waals surface area contributed by atoms with Crippen molar-refractivity contribution in [1.29, 1.82) is 0 Å². The van der Waals surface area contributed by atoms with Crippen LogP contribution in [0.3, 0.4) is 0 Å². The Balaban J connectivity index is 1.99. The zero-order valence-corrected chi connectivity index (χ0v) is 11.7. The second-order valence-corrected chi connectivity index (χ2v) is 5.55. The average Bonchev–Trinajstić information content (AvgIpc) is 2.92. The highest BCUT2D eigenvalue weighted by Crippen LogP contribution is 2.29. The van der Waals surface area contributed by atoms with Crippen LogP contribution in [0.15, 0.2) is 54.6 Å². The Morgan fingerprint density at radius 1 is 1.10 bits per heavy atom. The van der Waals surface area contributed by atoms with Crippen molar-refractivity contribution in [2.75, 3.05) is 11.9 Å². The van der Waals surface area contributed by atoms with E-state index in [9.17, 15) is 9.18 Å². The lowest BCUT2D eigenvalue weighted by Gasteiger charge is -2.15. The van der Waals surface area contributed by atoms with Crippen molar-refractivity contribution in [3.63, 3.8) is 0 Å². The number of fused-ring (bicyclic) bond motifs is 1. The van der Waals surface area contributed by atoms with Crippen LogP contribution in [-0.2, 0) is 0 Å². The smallest absolute Gasteiger partial charge is 0.268 e. The molecule has 1 amide bonds. The van der Waals surface area contributed by atoms with Crippen molar-refractivity contribution in [2.45, 2.75) is 0 Å². The third kappa shape index (κ3) is 2.18. The summed E-state index contributed by atoms with van der Waals surface area (Å²) in [5, 5.41) is 0.502. The SMILES string of the molecule is CN(C(=O)c1cc2c(F)cccc2s1)c1ccccc1. The molecule has 0 aliphatic heterocycles. The number of halogens is 1. The normalized spacial score (nSPS) is 10.7. The molecule has 0 bridgehead atoms. The molecule has 2 aromatic carbocycles. The summed E-state index contributed by atoms with van der Waals surface area (Å²) in [5.74, 6) is -0.419. The van der Waals surface area contributed by atoms with Gasteiger partial charge in [0.1, 0.15) is 5.82 Å². The maximum atomic E-state index is 13.7. The van der Waals surface area contributed by atoms with E-state index >= 15 is 0 Å². The lowest BCUT2D eigenvalue weighted by Crippen LogP contribution is -2.25. The van der Waals surface area contributed by atoms with Gasteiger partial charge in [-0.1, -0.05) is 24.3 Å². The van der Waals surface area contributed by atoms with Crippen LogP contribution in [0.1, 0.15) is 9.67 Å². The highest BCUT2D eigenvalue weighted by Gasteiger charge is 2.17. The van der Waals surface area contributed by atoms with Crippen molar-refractivity contribution in [1.82, 2.24) is 0 Å². The first kappa shape index (κ1) is 12.8. The third-order valence-corrected chi connectivity index (χ3v) is 4.26. The zero-order chi connectivity index (χ0) is 14.1. The average molecular weight is 285 g/mol. The Labute approximate surface area is 120 Å². The Kier molecular flexibility index (Phi) is 3.24. The van der Waals surface area contributed by atoms with Gasteiger partial charge in [-0.25, -0.2) is 4.39 Å². The fraction of sp³-hybridized carbons (Fsp3) is 0.0625. The first-order chi connectivity index (χ1) is 9.66. The molecule has 1 aromatic heterocycles. The van der Waals surface area contributed by atoms with Gasteiger partial charge in [0.15, 0.2) is 0 Å². The molecule has 0 saturated carbocycles. The fourth-order valence-corrected chi connectivity index (χ4v) is 3.12.